The summed E-state index contributed by atoms with van der Waals surface area (Å²) in [5.41, 5.74) is 0.939. The molecule has 4 nitrogen and oxygen atoms in total. The van der Waals surface area contributed by atoms with Crippen LogP contribution in [0.1, 0.15) is 10.4 Å². The third-order valence-corrected chi connectivity index (χ3v) is 3.04. The monoisotopic (exact) mass is 315 g/mol. The molecule has 0 amide bonds. The summed E-state index contributed by atoms with van der Waals surface area (Å²) in [4.78, 5) is 21.7. The van der Waals surface area contributed by atoms with Crippen molar-refractivity contribution >= 4 is 45.9 Å². The van der Waals surface area contributed by atoms with Gasteiger partial charge in [0.2, 0.25) is 0 Å². The van der Waals surface area contributed by atoms with Crippen LogP contribution in [0.2, 0.25) is 0 Å². The molecule has 0 saturated carbocycles. The molecule has 0 atom stereocenters. The molecular formula is C10H6INO3. The van der Waals surface area contributed by atoms with Crippen LogP contribution in [0, 0.1) is 3.57 Å². The first kappa shape index (κ1) is 10.2. The highest BCUT2D eigenvalue weighted by molar-refractivity contribution is 14.1. The number of rotatable bonds is 1. The summed E-state index contributed by atoms with van der Waals surface area (Å²) in [5.74, 6) is 0. The van der Waals surface area contributed by atoms with Crippen molar-refractivity contribution in [1.82, 2.24) is 4.57 Å². The molecule has 0 radical (unpaired) electrons. The molecule has 1 aromatic heterocycles. The quantitative estimate of drug-likeness (QED) is 0.650. The minimum atomic E-state index is -1.09. The van der Waals surface area contributed by atoms with Crippen molar-refractivity contribution in [3.05, 3.63) is 33.5 Å². The summed E-state index contributed by atoms with van der Waals surface area (Å²) in [6, 6.07) is 5.28. The molecule has 0 aliphatic heterocycles. The average Bonchev–Trinajstić information content (AvgIpc) is 2.58. The molecule has 1 heterocycles. The number of carbonyl (C=O) groups is 2. The van der Waals surface area contributed by atoms with Gasteiger partial charge in [-0.25, -0.2) is 4.79 Å². The van der Waals surface area contributed by atoms with Crippen LogP contribution < -0.4 is 0 Å². The molecule has 0 spiro atoms. The molecule has 1 N–H and O–H groups in total. The third kappa shape index (κ3) is 1.52. The van der Waals surface area contributed by atoms with E-state index in [0.717, 1.165) is 8.14 Å². The Kier molecular flexibility index (Phi) is 2.47. The van der Waals surface area contributed by atoms with Crippen molar-refractivity contribution < 1.29 is 14.7 Å². The van der Waals surface area contributed by atoms with E-state index in [1.165, 1.54) is 6.20 Å². The van der Waals surface area contributed by atoms with Crippen molar-refractivity contribution in [2.24, 2.45) is 0 Å². The Balaban J connectivity index is 2.93. The molecule has 1 aromatic carbocycles. The molecule has 76 valence electrons. The zero-order valence-corrected chi connectivity index (χ0v) is 9.63. The summed E-state index contributed by atoms with van der Waals surface area (Å²) < 4.78 is 1.92. The summed E-state index contributed by atoms with van der Waals surface area (Å²) in [5, 5.41) is 9.62. The van der Waals surface area contributed by atoms with E-state index in [1.54, 1.807) is 12.1 Å². The maximum Gasteiger partial charge on any atom is 0.416 e. The van der Waals surface area contributed by atoms with E-state index >= 15 is 0 Å². The van der Waals surface area contributed by atoms with Gasteiger partial charge in [0.25, 0.3) is 0 Å². The Morgan fingerprint density at radius 3 is 2.80 bits per heavy atom. The predicted octanol–water partition coefficient (Wildman–Crippen LogP) is 2.58. The van der Waals surface area contributed by atoms with E-state index in [2.05, 4.69) is 22.6 Å². The van der Waals surface area contributed by atoms with E-state index in [4.69, 9.17) is 5.11 Å². The van der Waals surface area contributed by atoms with Crippen LogP contribution in [0.5, 0.6) is 0 Å². The number of carboxylic acid groups (broad SMARTS) is 1. The van der Waals surface area contributed by atoms with Gasteiger partial charge in [0.15, 0.2) is 6.29 Å². The molecular weight excluding hydrogens is 309 g/mol. The van der Waals surface area contributed by atoms with Crippen molar-refractivity contribution in [3.8, 4) is 0 Å². The van der Waals surface area contributed by atoms with Crippen LogP contribution >= 0.6 is 22.6 Å². The summed E-state index contributed by atoms with van der Waals surface area (Å²) in [7, 11) is 0. The number of halogens is 1. The van der Waals surface area contributed by atoms with Gasteiger partial charge in [0, 0.05) is 20.7 Å². The van der Waals surface area contributed by atoms with E-state index in [0.29, 0.717) is 22.8 Å². The van der Waals surface area contributed by atoms with Crippen LogP contribution in [0.25, 0.3) is 10.9 Å². The SMILES string of the molecule is O=Cc1cn(C(=O)O)c2cccc(I)c12. The van der Waals surface area contributed by atoms with Crippen molar-refractivity contribution in [3.63, 3.8) is 0 Å². The smallest absolute Gasteiger partial charge is 0.416 e. The molecule has 0 bridgehead atoms. The fraction of sp³-hybridized carbons (Fsp3) is 0. The van der Waals surface area contributed by atoms with Crippen LogP contribution in [0.4, 0.5) is 4.79 Å². The number of benzene rings is 1. The van der Waals surface area contributed by atoms with Gasteiger partial charge in [0.05, 0.1) is 5.52 Å². The standard InChI is InChI=1S/C10H6INO3/c11-7-2-1-3-8-9(7)6(5-13)4-12(8)10(14)15/h1-5H,(H,14,15). The normalized spacial score (nSPS) is 10.5. The van der Waals surface area contributed by atoms with Crippen LogP contribution in [-0.2, 0) is 0 Å². The van der Waals surface area contributed by atoms with Gasteiger partial charge in [-0.3, -0.25) is 9.36 Å². The Labute approximate surface area is 98.6 Å². The van der Waals surface area contributed by atoms with Crippen LogP contribution in [-0.4, -0.2) is 22.1 Å². The van der Waals surface area contributed by atoms with E-state index in [1.807, 2.05) is 6.07 Å². The topological polar surface area (TPSA) is 59.3 Å². The first-order valence-corrected chi connectivity index (χ1v) is 5.21. The second-order valence-electron chi connectivity index (χ2n) is 2.99. The lowest BCUT2D eigenvalue weighted by atomic mass is 10.2. The van der Waals surface area contributed by atoms with Crippen LogP contribution in [0.3, 0.4) is 0 Å². The fourth-order valence-electron chi connectivity index (χ4n) is 1.52. The number of hydrogen-bond donors (Lipinski definition) is 1. The molecule has 5 heteroatoms. The minimum absolute atomic E-state index is 0.400. The summed E-state index contributed by atoms with van der Waals surface area (Å²) >= 11 is 2.08. The molecule has 2 rings (SSSR count). The molecule has 0 unspecified atom stereocenters. The highest BCUT2D eigenvalue weighted by Gasteiger charge is 2.13. The second kappa shape index (κ2) is 3.65. The summed E-state index contributed by atoms with van der Waals surface area (Å²) in [6.45, 7) is 0. The zero-order valence-electron chi connectivity index (χ0n) is 7.48. The second-order valence-corrected chi connectivity index (χ2v) is 4.15. The molecule has 0 fully saturated rings. The number of aromatic nitrogens is 1. The first-order valence-electron chi connectivity index (χ1n) is 4.13. The lowest BCUT2D eigenvalue weighted by Gasteiger charge is -1.97. The van der Waals surface area contributed by atoms with Gasteiger partial charge in [-0.2, -0.15) is 0 Å². The lowest BCUT2D eigenvalue weighted by Crippen LogP contribution is -2.05. The van der Waals surface area contributed by atoms with Crippen LogP contribution in [0.15, 0.2) is 24.4 Å². The van der Waals surface area contributed by atoms with Gasteiger partial charge in [-0.05, 0) is 34.7 Å². The van der Waals surface area contributed by atoms with Gasteiger partial charge in [-0.1, -0.05) is 6.07 Å². The highest BCUT2D eigenvalue weighted by Crippen LogP contribution is 2.25. The lowest BCUT2D eigenvalue weighted by molar-refractivity contribution is 0.112. The maximum atomic E-state index is 10.9. The van der Waals surface area contributed by atoms with E-state index < -0.39 is 6.09 Å². The first-order chi connectivity index (χ1) is 7.15. The van der Waals surface area contributed by atoms with Crippen molar-refractivity contribution in [2.45, 2.75) is 0 Å². The average molecular weight is 315 g/mol. The number of nitrogens with zero attached hydrogens (tertiary/aromatic N) is 1. The van der Waals surface area contributed by atoms with Gasteiger partial charge in [-0.15, -0.1) is 0 Å². The number of carbonyl (C=O) groups excluding carboxylic acids is 1. The van der Waals surface area contributed by atoms with E-state index in [9.17, 15) is 9.59 Å². The van der Waals surface area contributed by atoms with Gasteiger partial charge in [0.1, 0.15) is 0 Å². The Hall–Kier alpha value is -1.37. The fourth-order valence-corrected chi connectivity index (χ4v) is 2.32. The Morgan fingerprint density at radius 2 is 2.20 bits per heavy atom. The largest absolute Gasteiger partial charge is 0.464 e. The summed E-state index contributed by atoms with van der Waals surface area (Å²) in [6.07, 6.45) is 0.918. The number of fused-ring (bicyclic) bond motifs is 1. The van der Waals surface area contributed by atoms with Gasteiger partial charge >= 0.3 is 6.09 Å². The van der Waals surface area contributed by atoms with Crippen molar-refractivity contribution in [2.75, 3.05) is 0 Å². The zero-order chi connectivity index (χ0) is 11.0. The Morgan fingerprint density at radius 1 is 1.47 bits per heavy atom. The number of hydrogen-bond acceptors (Lipinski definition) is 2. The highest BCUT2D eigenvalue weighted by atomic mass is 127. The predicted molar refractivity (Wildman–Crippen MR) is 63.5 cm³/mol. The molecule has 15 heavy (non-hydrogen) atoms. The van der Waals surface area contributed by atoms with Gasteiger partial charge < -0.3 is 5.11 Å². The maximum absolute atomic E-state index is 10.9. The molecule has 0 aliphatic carbocycles. The molecule has 0 aliphatic rings. The Bertz CT molecular complexity index is 559. The third-order valence-electron chi connectivity index (χ3n) is 2.14. The van der Waals surface area contributed by atoms with E-state index in [-0.39, 0.29) is 0 Å². The number of aldehydes is 1. The molecule has 2 aromatic rings. The molecule has 0 saturated heterocycles. The van der Waals surface area contributed by atoms with Crippen molar-refractivity contribution in [1.29, 1.82) is 0 Å². The minimum Gasteiger partial charge on any atom is -0.464 e.